The molecule has 0 radical (unpaired) electrons. The predicted molar refractivity (Wildman–Crippen MR) is 83.2 cm³/mol. The Hall–Kier alpha value is -2.08. The lowest BCUT2D eigenvalue weighted by atomic mass is 9.95. The molecule has 1 aromatic rings. The van der Waals surface area contributed by atoms with Crippen molar-refractivity contribution < 1.29 is 14.3 Å². The van der Waals surface area contributed by atoms with E-state index in [9.17, 15) is 9.59 Å². The molecule has 1 saturated heterocycles. The summed E-state index contributed by atoms with van der Waals surface area (Å²) in [7, 11) is 0. The Kier molecular flexibility index (Phi) is 5.77. The molecule has 6 heteroatoms. The number of hydrazine groups is 1. The number of carbonyl (C=O) groups is 2. The number of carbonyl (C=O) groups excluding carboxylic acids is 2. The molecule has 0 atom stereocenters. The Labute approximate surface area is 130 Å². The summed E-state index contributed by atoms with van der Waals surface area (Å²) in [6.45, 7) is 3.81. The van der Waals surface area contributed by atoms with E-state index in [4.69, 9.17) is 10.6 Å². The number of piperidine rings is 1. The second kappa shape index (κ2) is 7.79. The molecule has 1 heterocycles. The highest BCUT2D eigenvalue weighted by molar-refractivity contribution is 5.94. The maximum absolute atomic E-state index is 12.5. The van der Waals surface area contributed by atoms with Gasteiger partial charge in [0.1, 0.15) is 5.75 Å². The summed E-state index contributed by atoms with van der Waals surface area (Å²) in [5.74, 6) is 5.59. The lowest BCUT2D eigenvalue weighted by Gasteiger charge is -2.31. The summed E-state index contributed by atoms with van der Waals surface area (Å²) in [6.07, 6.45) is 2.20. The minimum absolute atomic E-state index is 0.0199. The Morgan fingerprint density at radius 2 is 2.09 bits per heavy atom. The lowest BCUT2D eigenvalue weighted by molar-refractivity contribution is -0.126. The number of rotatable bonds is 5. The minimum Gasteiger partial charge on any atom is -0.494 e. The van der Waals surface area contributed by atoms with Crippen LogP contribution in [0.25, 0.3) is 0 Å². The van der Waals surface area contributed by atoms with Crippen LogP contribution in [0.5, 0.6) is 5.75 Å². The largest absolute Gasteiger partial charge is 0.494 e. The summed E-state index contributed by atoms with van der Waals surface area (Å²) >= 11 is 0. The molecule has 0 saturated carbocycles. The normalized spacial score (nSPS) is 15.5. The molecule has 1 fully saturated rings. The highest BCUT2D eigenvalue weighted by Gasteiger charge is 2.27. The first kappa shape index (κ1) is 16.3. The van der Waals surface area contributed by atoms with E-state index >= 15 is 0 Å². The van der Waals surface area contributed by atoms with Gasteiger partial charge in [-0.2, -0.15) is 0 Å². The number of hydrogen-bond donors (Lipinski definition) is 2. The van der Waals surface area contributed by atoms with Crippen molar-refractivity contribution >= 4 is 11.8 Å². The van der Waals surface area contributed by atoms with Crippen LogP contribution < -0.4 is 16.0 Å². The fraction of sp³-hybridized carbons (Fsp3) is 0.500. The van der Waals surface area contributed by atoms with Crippen LogP contribution >= 0.6 is 0 Å². The van der Waals surface area contributed by atoms with Crippen LogP contribution in [0.15, 0.2) is 24.3 Å². The molecule has 1 aliphatic heterocycles. The second-order valence-corrected chi connectivity index (χ2v) is 5.45. The van der Waals surface area contributed by atoms with Crippen molar-refractivity contribution in [3.63, 3.8) is 0 Å². The lowest BCUT2D eigenvalue weighted by Crippen LogP contribution is -2.44. The number of nitrogens with one attached hydrogen (secondary N) is 1. The molecular weight excluding hydrogens is 282 g/mol. The van der Waals surface area contributed by atoms with E-state index in [1.807, 2.05) is 19.1 Å². The molecule has 22 heavy (non-hydrogen) atoms. The molecule has 0 aromatic heterocycles. The van der Waals surface area contributed by atoms with Gasteiger partial charge in [-0.1, -0.05) is 13.0 Å². The van der Waals surface area contributed by atoms with Gasteiger partial charge in [-0.15, -0.1) is 0 Å². The third-order valence-corrected chi connectivity index (χ3v) is 3.85. The van der Waals surface area contributed by atoms with Gasteiger partial charge < -0.3 is 9.64 Å². The number of ether oxygens (including phenoxy) is 1. The summed E-state index contributed by atoms with van der Waals surface area (Å²) in [5, 5.41) is 0. The van der Waals surface area contributed by atoms with E-state index in [1.165, 1.54) is 0 Å². The van der Waals surface area contributed by atoms with Crippen LogP contribution in [0.2, 0.25) is 0 Å². The van der Waals surface area contributed by atoms with E-state index in [2.05, 4.69) is 5.43 Å². The maximum atomic E-state index is 12.5. The summed E-state index contributed by atoms with van der Waals surface area (Å²) in [5.41, 5.74) is 2.80. The van der Waals surface area contributed by atoms with Crippen molar-refractivity contribution in [1.29, 1.82) is 0 Å². The summed E-state index contributed by atoms with van der Waals surface area (Å²) in [4.78, 5) is 25.8. The van der Waals surface area contributed by atoms with E-state index in [0.717, 1.165) is 6.42 Å². The molecule has 120 valence electrons. The van der Waals surface area contributed by atoms with Crippen molar-refractivity contribution in [2.45, 2.75) is 26.2 Å². The van der Waals surface area contributed by atoms with E-state index < -0.39 is 0 Å². The zero-order valence-corrected chi connectivity index (χ0v) is 12.9. The van der Waals surface area contributed by atoms with Crippen LogP contribution in [-0.2, 0) is 4.79 Å². The van der Waals surface area contributed by atoms with Crippen LogP contribution in [0.4, 0.5) is 0 Å². The molecule has 0 aliphatic carbocycles. The first-order chi connectivity index (χ1) is 10.7. The predicted octanol–water partition coefficient (Wildman–Crippen LogP) is 1.32. The van der Waals surface area contributed by atoms with Crippen LogP contribution in [0, 0.1) is 5.92 Å². The van der Waals surface area contributed by atoms with Gasteiger partial charge in [0.15, 0.2) is 0 Å². The van der Waals surface area contributed by atoms with Gasteiger partial charge in [0.05, 0.1) is 6.61 Å². The van der Waals surface area contributed by atoms with Crippen molar-refractivity contribution in [2.75, 3.05) is 19.7 Å². The van der Waals surface area contributed by atoms with Gasteiger partial charge in [0.25, 0.3) is 5.91 Å². The van der Waals surface area contributed by atoms with Gasteiger partial charge in [0.2, 0.25) is 5.91 Å². The monoisotopic (exact) mass is 305 g/mol. The van der Waals surface area contributed by atoms with Crippen LogP contribution in [-0.4, -0.2) is 36.4 Å². The molecule has 6 nitrogen and oxygen atoms in total. The average Bonchev–Trinajstić information content (AvgIpc) is 2.59. The molecule has 2 amide bonds. The van der Waals surface area contributed by atoms with Gasteiger partial charge in [0, 0.05) is 24.6 Å². The Bertz CT molecular complexity index is 525. The van der Waals surface area contributed by atoms with Gasteiger partial charge in [-0.25, -0.2) is 5.84 Å². The molecule has 0 spiro atoms. The van der Waals surface area contributed by atoms with E-state index in [0.29, 0.717) is 43.9 Å². The number of nitrogens with zero attached hydrogens (tertiary/aromatic N) is 1. The van der Waals surface area contributed by atoms with Crippen molar-refractivity contribution in [3.8, 4) is 5.75 Å². The number of nitrogens with two attached hydrogens (primary N) is 1. The molecule has 1 aliphatic rings. The van der Waals surface area contributed by atoms with Gasteiger partial charge in [-0.3, -0.25) is 15.0 Å². The fourth-order valence-corrected chi connectivity index (χ4v) is 2.58. The molecule has 0 unspecified atom stereocenters. The quantitative estimate of drug-likeness (QED) is 0.488. The Morgan fingerprint density at radius 3 is 2.73 bits per heavy atom. The molecule has 1 aromatic carbocycles. The molecule has 2 rings (SSSR count). The third-order valence-electron chi connectivity index (χ3n) is 3.85. The van der Waals surface area contributed by atoms with Gasteiger partial charge in [-0.05, 0) is 37.5 Å². The van der Waals surface area contributed by atoms with E-state index in [-0.39, 0.29) is 17.7 Å². The fourth-order valence-electron chi connectivity index (χ4n) is 2.58. The first-order valence-corrected chi connectivity index (χ1v) is 7.68. The van der Waals surface area contributed by atoms with E-state index in [1.54, 1.807) is 17.0 Å². The molecule has 3 N–H and O–H groups in total. The second-order valence-electron chi connectivity index (χ2n) is 5.45. The zero-order valence-electron chi connectivity index (χ0n) is 12.9. The average molecular weight is 305 g/mol. The van der Waals surface area contributed by atoms with Crippen molar-refractivity contribution in [1.82, 2.24) is 10.3 Å². The van der Waals surface area contributed by atoms with Crippen molar-refractivity contribution in [3.05, 3.63) is 29.8 Å². The molecule has 0 bridgehead atoms. The highest BCUT2D eigenvalue weighted by Crippen LogP contribution is 2.21. The number of amides is 2. The maximum Gasteiger partial charge on any atom is 0.253 e. The zero-order chi connectivity index (χ0) is 15.9. The summed E-state index contributed by atoms with van der Waals surface area (Å²) < 4.78 is 5.56. The summed E-state index contributed by atoms with van der Waals surface area (Å²) in [6, 6.07) is 7.24. The standard InChI is InChI=1S/C16H23N3O3/c1-2-10-22-14-5-3-4-13(11-14)16(21)19-8-6-12(7-9-19)15(20)18-17/h3-5,11-12H,2,6-10,17H2,1H3,(H,18,20). The minimum atomic E-state index is -0.151. The number of hydrogen-bond acceptors (Lipinski definition) is 4. The van der Waals surface area contributed by atoms with Crippen LogP contribution in [0.1, 0.15) is 36.5 Å². The highest BCUT2D eigenvalue weighted by atomic mass is 16.5. The SMILES string of the molecule is CCCOc1cccc(C(=O)N2CCC(C(=O)NN)CC2)c1. The Balaban J connectivity index is 1.96. The number of benzene rings is 1. The smallest absolute Gasteiger partial charge is 0.253 e. The third kappa shape index (κ3) is 3.98. The topological polar surface area (TPSA) is 84.7 Å². The van der Waals surface area contributed by atoms with Crippen molar-refractivity contribution in [2.24, 2.45) is 11.8 Å². The van der Waals surface area contributed by atoms with Gasteiger partial charge >= 0.3 is 0 Å². The van der Waals surface area contributed by atoms with Crippen LogP contribution in [0.3, 0.4) is 0 Å². The number of likely N-dealkylation sites (tertiary alicyclic amines) is 1. The first-order valence-electron chi connectivity index (χ1n) is 7.68. The molecular formula is C16H23N3O3. The Morgan fingerprint density at radius 1 is 1.36 bits per heavy atom.